The van der Waals surface area contributed by atoms with Crippen LogP contribution in [0, 0.1) is 27.7 Å². The van der Waals surface area contributed by atoms with Gasteiger partial charge in [-0.2, -0.15) is 0 Å². The van der Waals surface area contributed by atoms with Crippen molar-refractivity contribution in [2.24, 2.45) is 0 Å². The first-order chi connectivity index (χ1) is 9.54. The molecule has 0 atom stereocenters. The molecule has 0 spiro atoms. The summed E-state index contributed by atoms with van der Waals surface area (Å²) >= 11 is 0. The Morgan fingerprint density at radius 3 is 2.30 bits per heavy atom. The molecule has 0 radical (unpaired) electrons. The average Bonchev–Trinajstić information content (AvgIpc) is 2.39. The Balaban J connectivity index is 2.29. The van der Waals surface area contributed by atoms with Gasteiger partial charge in [0.2, 0.25) is 0 Å². The monoisotopic (exact) mass is 261 g/mol. The Labute approximate surface area is 120 Å². The van der Waals surface area contributed by atoms with Crippen molar-refractivity contribution in [1.29, 1.82) is 0 Å². The van der Waals surface area contributed by atoms with Crippen molar-refractivity contribution in [1.82, 2.24) is 4.98 Å². The highest BCUT2D eigenvalue weighted by molar-refractivity contribution is 5.86. The summed E-state index contributed by atoms with van der Waals surface area (Å²) in [5.74, 6) is 0. The van der Waals surface area contributed by atoms with E-state index in [1.54, 1.807) is 0 Å². The Morgan fingerprint density at radius 1 is 0.750 bits per heavy atom. The maximum absolute atomic E-state index is 4.91. The minimum absolute atomic E-state index is 1.09. The van der Waals surface area contributed by atoms with Crippen LogP contribution in [0.4, 0.5) is 0 Å². The van der Waals surface area contributed by atoms with Crippen molar-refractivity contribution in [3.05, 3.63) is 64.7 Å². The van der Waals surface area contributed by atoms with Gasteiger partial charge in [0.05, 0.1) is 11.2 Å². The molecule has 0 aliphatic carbocycles. The van der Waals surface area contributed by atoms with Crippen LogP contribution < -0.4 is 0 Å². The lowest BCUT2D eigenvalue weighted by Gasteiger charge is -2.10. The molecule has 0 saturated heterocycles. The summed E-state index contributed by atoms with van der Waals surface area (Å²) in [6.45, 7) is 8.54. The summed E-state index contributed by atoms with van der Waals surface area (Å²) in [5, 5.41) is 1.25. The van der Waals surface area contributed by atoms with Crippen LogP contribution >= 0.6 is 0 Å². The van der Waals surface area contributed by atoms with Crippen molar-refractivity contribution in [2.45, 2.75) is 27.7 Å². The van der Waals surface area contributed by atoms with Gasteiger partial charge in [-0.15, -0.1) is 0 Å². The van der Waals surface area contributed by atoms with Crippen molar-refractivity contribution >= 4 is 10.9 Å². The Hall–Kier alpha value is -2.15. The van der Waals surface area contributed by atoms with E-state index < -0.39 is 0 Å². The number of pyridine rings is 1. The molecule has 0 aliphatic rings. The predicted octanol–water partition coefficient (Wildman–Crippen LogP) is 5.14. The van der Waals surface area contributed by atoms with E-state index >= 15 is 0 Å². The molecule has 0 N–H and O–H groups in total. The Morgan fingerprint density at radius 2 is 1.55 bits per heavy atom. The number of fused-ring (bicyclic) bond motifs is 1. The molecule has 1 nitrogen and oxygen atoms in total. The number of nitrogens with zero attached hydrogens (tertiary/aromatic N) is 1. The van der Waals surface area contributed by atoms with E-state index in [0.717, 1.165) is 11.2 Å². The van der Waals surface area contributed by atoms with Gasteiger partial charge in [0, 0.05) is 10.9 Å². The van der Waals surface area contributed by atoms with E-state index in [4.69, 9.17) is 4.98 Å². The van der Waals surface area contributed by atoms with Gasteiger partial charge >= 0.3 is 0 Å². The van der Waals surface area contributed by atoms with E-state index in [1.165, 1.54) is 33.2 Å². The summed E-state index contributed by atoms with van der Waals surface area (Å²) in [7, 11) is 0. The van der Waals surface area contributed by atoms with Gasteiger partial charge in [-0.05, 0) is 62.6 Å². The van der Waals surface area contributed by atoms with Crippen LogP contribution in [0.1, 0.15) is 22.3 Å². The van der Waals surface area contributed by atoms with Crippen LogP contribution in [0.2, 0.25) is 0 Å². The van der Waals surface area contributed by atoms with Crippen molar-refractivity contribution < 1.29 is 0 Å². The summed E-state index contributed by atoms with van der Waals surface area (Å²) in [5.41, 5.74) is 8.44. The van der Waals surface area contributed by atoms with Gasteiger partial charge in [0.15, 0.2) is 0 Å². The Bertz CT molecular complexity index is 800. The topological polar surface area (TPSA) is 12.9 Å². The van der Waals surface area contributed by atoms with E-state index in [9.17, 15) is 0 Å². The van der Waals surface area contributed by atoms with Crippen LogP contribution in [-0.4, -0.2) is 4.98 Å². The zero-order chi connectivity index (χ0) is 14.3. The van der Waals surface area contributed by atoms with Crippen LogP contribution in [0.3, 0.4) is 0 Å². The molecule has 20 heavy (non-hydrogen) atoms. The molecule has 1 aromatic heterocycles. The highest BCUT2D eigenvalue weighted by atomic mass is 14.7. The third-order valence-corrected chi connectivity index (χ3v) is 3.77. The molecule has 3 rings (SSSR count). The molecule has 0 saturated carbocycles. The smallest absolute Gasteiger partial charge is 0.0738 e. The van der Waals surface area contributed by atoms with Gasteiger partial charge in [-0.1, -0.05) is 29.8 Å². The maximum atomic E-state index is 4.91. The lowest BCUT2D eigenvalue weighted by molar-refractivity contribution is 1.30. The third-order valence-electron chi connectivity index (χ3n) is 3.77. The summed E-state index contributed by atoms with van der Waals surface area (Å²) in [6, 6.07) is 15.2. The Kier molecular flexibility index (Phi) is 3.06. The quantitative estimate of drug-likeness (QED) is 0.591. The maximum Gasteiger partial charge on any atom is 0.0738 e. The van der Waals surface area contributed by atoms with Gasteiger partial charge in [0.25, 0.3) is 0 Å². The van der Waals surface area contributed by atoms with Crippen molar-refractivity contribution in [3.63, 3.8) is 0 Å². The van der Waals surface area contributed by atoms with Crippen molar-refractivity contribution in [2.75, 3.05) is 0 Å². The van der Waals surface area contributed by atoms with Crippen LogP contribution in [0.5, 0.6) is 0 Å². The normalized spacial score (nSPS) is 11.0. The lowest BCUT2D eigenvalue weighted by Crippen LogP contribution is -1.93. The molecule has 2 aromatic carbocycles. The predicted molar refractivity (Wildman–Crippen MR) is 86.1 cm³/mol. The second-order valence-electron chi connectivity index (χ2n) is 5.67. The second kappa shape index (κ2) is 4.75. The van der Waals surface area contributed by atoms with E-state index in [0.29, 0.717) is 0 Å². The molecule has 0 aliphatic heterocycles. The summed E-state index contributed by atoms with van der Waals surface area (Å²) < 4.78 is 0. The van der Waals surface area contributed by atoms with Gasteiger partial charge in [-0.25, -0.2) is 4.98 Å². The molecule has 0 unspecified atom stereocenters. The number of hydrogen-bond donors (Lipinski definition) is 0. The third kappa shape index (κ3) is 2.20. The zero-order valence-electron chi connectivity index (χ0n) is 12.5. The highest BCUT2D eigenvalue weighted by Gasteiger charge is 2.08. The number of aryl methyl sites for hydroxylation is 4. The zero-order valence-corrected chi connectivity index (χ0v) is 12.5. The number of aromatic nitrogens is 1. The molecule has 0 bridgehead atoms. The minimum atomic E-state index is 1.09. The van der Waals surface area contributed by atoms with E-state index in [2.05, 4.69) is 70.2 Å². The van der Waals surface area contributed by atoms with Gasteiger partial charge < -0.3 is 0 Å². The molecular weight excluding hydrogens is 242 g/mol. The van der Waals surface area contributed by atoms with Crippen LogP contribution in [0.25, 0.3) is 22.2 Å². The van der Waals surface area contributed by atoms with Gasteiger partial charge in [0.1, 0.15) is 0 Å². The van der Waals surface area contributed by atoms with Crippen LogP contribution in [0.15, 0.2) is 42.5 Å². The van der Waals surface area contributed by atoms with E-state index in [1.807, 2.05) is 0 Å². The fourth-order valence-electron chi connectivity index (χ4n) is 2.81. The van der Waals surface area contributed by atoms with E-state index in [-0.39, 0.29) is 0 Å². The summed E-state index contributed by atoms with van der Waals surface area (Å²) in [4.78, 5) is 4.91. The second-order valence-corrected chi connectivity index (χ2v) is 5.67. The van der Waals surface area contributed by atoms with Crippen LogP contribution in [-0.2, 0) is 0 Å². The average molecular weight is 261 g/mol. The first-order valence-corrected chi connectivity index (χ1v) is 7.00. The lowest BCUT2D eigenvalue weighted by atomic mass is 10.00. The number of hydrogen-bond acceptors (Lipinski definition) is 1. The SMILES string of the molecule is Cc1cccc(-c2nc3cc(C)cc(C)c3cc2C)c1. The molecule has 0 amide bonds. The number of benzene rings is 2. The standard InChI is InChI=1S/C19H19N/c1-12-6-5-7-16(9-12)19-15(4)11-17-14(3)8-13(2)10-18(17)20-19/h5-11H,1-4H3. The molecule has 1 heterocycles. The highest BCUT2D eigenvalue weighted by Crippen LogP contribution is 2.28. The molecule has 100 valence electrons. The largest absolute Gasteiger partial charge is 0.247 e. The fraction of sp³-hybridized carbons (Fsp3) is 0.211. The molecular formula is C19H19N. The first-order valence-electron chi connectivity index (χ1n) is 7.00. The minimum Gasteiger partial charge on any atom is -0.247 e. The molecule has 3 aromatic rings. The van der Waals surface area contributed by atoms with Crippen molar-refractivity contribution in [3.8, 4) is 11.3 Å². The summed E-state index contributed by atoms with van der Waals surface area (Å²) in [6.07, 6.45) is 0. The first kappa shape index (κ1) is 12.9. The fourth-order valence-corrected chi connectivity index (χ4v) is 2.81. The van der Waals surface area contributed by atoms with Gasteiger partial charge in [-0.3, -0.25) is 0 Å². The number of rotatable bonds is 1. The molecule has 0 fully saturated rings. The molecule has 1 heteroatoms.